The number of carbonyl (C=O) groups excluding carboxylic acids is 4. The molecule has 29 heavy (non-hydrogen) atoms. The first-order valence-corrected chi connectivity index (χ1v) is 9.87. The van der Waals surface area contributed by atoms with E-state index in [1.165, 1.54) is 4.90 Å². The minimum Gasteiger partial charge on any atom is -0.376 e. The third kappa shape index (κ3) is 2.47. The molecule has 1 spiro atoms. The molecule has 0 unspecified atom stereocenters. The second-order valence-electron chi connectivity index (χ2n) is 8.15. The van der Waals surface area contributed by atoms with Crippen LogP contribution in [0.3, 0.4) is 0 Å². The number of nitrogens with one attached hydrogen (secondary N) is 2. The number of imide groups is 1. The second-order valence-corrected chi connectivity index (χ2v) is 8.15. The van der Waals surface area contributed by atoms with E-state index in [1.807, 2.05) is 0 Å². The maximum absolute atomic E-state index is 13.4. The number of anilines is 1. The molecule has 0 aromatic heterocycles. The Morgan fingerprint density at radius 1 is 1.24 bits per heavy atom. The van der Waals surface area contributed by atoms with E-state index in [0.29, 0.717) is 17.9 Å². The van der Waals surface area contributed by atoms with Crippen molar-refractivity contribution in [1.29, 1.82) is 0 Å². The third-order valence-corrected chi connectivity index (χ3v) is 6.55. The number of amides is 4. The van der Waals surface area contributed by atoms with Gasteiger partial charge in [-0.3, -0.25) is 29.4 Å². The van der Waals surface area contributed by atoms with Crippen molar-refractivity contribution in [2.75, 3.05) is 18.5 Å². The summed E-state index contributed by atoms with van der Waals surface area (Å²) in [4.78, 5) is 52.7. The van der Waals surface area contributed by atoms with Gasteiger partial charge in [0.2, 0.25) is 23.6 Å². The summed E-state index contributed by atoms with van der Waals surface area (Å²) < 4.78 is 5.60. The molecule has 4 amide bonds. The molecule has 1 aromatic rings. The standard InChI is InChI=1S/C20H22N4O5/c21-14(25)8-13-15-16(18(27)24(17(15)26)9-10-4-3-7-29-10)20(23-13)11-5-1-2-6-12(11)22-19(20)28/h1-2,5-6,10,13,15-16,23H,3-4,7-9H2,(H2,21,25)(H,22,28)/t10-,13-,15-,16+,20+/m0/s1. The number of fused-ring (bicyclic) bond motifs is 4. The summed E-state index contributed by atoms with van der Waals surface area (Å²) in [5.74, 6) is -3.51. The Balaban J connectivity index is 1.58. The maximum atomic E-state index is 13.4. The summed E-state index contributed by atoms with van der Waals surface area (Å²) in [6.45, 7) is 0.784. The number of rotatable bonds is 4. The zero-order valence-electron chi connectivity index (χ0n) is 15.7. The first-order valence-electron chi connectivity index (χ1n) is 9.87. The molecule has 0 radical (unpaired) electrons. The normalized spacial score (nSPS) is 35.3. The number of hydrogen-bond donors (Lipinski definition) is 3. The fraction of sp³-hybridized carbons (Fsp3) is 0.500. The lowest BCUT2D eigenvalue weighted by atomic mass is 9.76. The molecule has 4 N–H and O–H groups in total. The molecule has 3 fully saturated rings. The van der Waals surface area contributed by atoms with Gasteiger partial charge in [0.05, 0.1) is 24.5 Å². The minimum atomic E-state index is -1.39. The van der Waals surface area contributed by atoms with Crippen molar-refractivity contribution in [2.24, 2.45) is 17.6 Å². The minimum absolute atomic E-state index is 0.134. The van der Waals surface area contributed by atoms with Crippen LogP contribution in [0.4, 0.5) is 5.69 Å². The molecule has 5 rings (SSSR count). The lowest BCUT2D eigenvalue weighted by Gasteiger charge is -2.29. The van der Waals surface area contributed by atoms with Crippen LogP contribution in [0.1, 0.15) is 24.8 Å². The lowest BCUT2D eigenvalue weighted by molar-refractivity contribution is -0.144. The molecular weight excluding hydrogens is 376 g/mol. The zero-order valence-corrected chi connectivity index (χ0v) is 15.7. The SMILES string of the molecule is NC(=O)C[C@@H]1N[C@@]2(C(=O)Nc3ccccc32)[C@H]2C(=O)N(C[C@@H]3CCCO3)C(=O)[C@@H]12. The third-order valence-electron chi connectivity index (χ3n) is 6.55. The highest BCUT2D eigenvalue weighted by Gasteiger charge is 2.70. The molecule has 5 atom stereocenters. The van der Waals surface area contributed by atoms with E-state index in [9.17, 15) is 19.2 Å². The van der Waals surface area contributed by atoms with Gasteiger partial charge in [0, 0.05) is 30.3 Å². The van der Waals surface area contributed by atoms with Crippen LogP contribution in [0.15, 0.2) is 24.3 Å². The number of nitrogens with two attached hydrogens (primary N) is 1. The second kappa shape index (κ2) is 6.36. The van der Waals surface area contributed by atoms with Gasteiger partial charge < -0.3 is 15.8 Å². The molecule has 152 valence electrons. The molecular formula is C20H22N4O5. The van der Waals surface area contributed by atoms with Gasteiger partial charge in [-0.1, -0.05) is 18.2 Å². The zero-order chi connectivity index (χ0) is 20.3. The van der Waals surface area contributed by atoms with Gasteiger partial charge in [0.15, 0.2) is 0 Å². The van der Waals surface area contributed by atoms with E-state index in [2.05, 4.69) is 10.6 Å². The maximum Gasteiger partial charge on any atom is 0.250 e. The number of nitrogens with zero attached hydrogens (tertiary/aromatic N) is 1. The largest absolute Gasteiger partial charge is 0.376 e. The van der Waals surface area contributed by atoms with Crippen molar-refractivity contribution < 1.29 is 23.9 Å². The molecule has 1 aromatic carbocycles. The summed E-state index contributed by atoms with van der Waals surface area (Å²) in [5, 5.41) is 5.98. The summed E-state index contributed by atoms with van der Waals surface area (Å²) >= 11 is 0. The summed E-state index contributed by atoms with van der Waals surface area (Å²) in [6, 6.07) is 6.40. The van der Waals surface area contributed by atoms with Crippen LogP contribution < -0.4 is 16.4 Å². The van der Waals surface area contributed by atoms with E-state index >= 15 is 0 Å². The van der Waals surface area contributed by atoms with Crippen LogP contribution in [-0.4, -0.2) is 53.8 Å². The highest BCUT2D eigenvalue weighted by Crippen LogP contribution is 2.53. The Kier molecular flexibility index (Phi) is 4.01. The van der Waals surface area contributed by atoms with Crippen molar-refractivity contribution >= 4 is 29.3 Å². The van der Waals surface area contributed by atoms with Crippen molar-refractivity contribution in [1.82, 2.24) is 10.2 Å². The Morgan fingerprint density at radius 2 is 2.03 bits per heavy atom. The van der Waals surface area contributed by atoms with Gasteiger partial charge in [-0.2, -0.15) is 0 Å². The highest BCUT2D eigenvalue weighted by atomic mass is 16.5. The van der Waals surface area contributed by atoms with Gasteiger partial charge in [-0.25, -0.2) is 0 Å². The number of carbonyl (C=O) groups is 4. The number of hydrogen-bond acceptors (Lipinski definition) is 6. The van der Waals surface area contributed by atoms with Crippen molar-refractivity contribution in [2.45, 2.75) is 36.9 Å². The average molecular weight is 398 g/mol. The fourth-order valence-electron chi connectivity index (χ4n) is 5.38. The molecule has 0 aliphatic carbocycles. The number of benzene rings is 1. The number of primary amides is 1. The number of likely N-dealkylation sites (tertiary alicyclic amines) is 1. The number of ether oxygens (including phenoxy) is 1. The van der Waals surface area contributed by atoms with Crippen molar-refractivity contribution in [3.8, 4) is 0 Å². The van der Waals surface area contributed by atoms with Crippen LogP contribution in [0.5, 0.6) is 0 Å². The van der Waals surface area contributed by atoms with Crippen LogP contribution in [0.2, 0.25) is 0 Å². The monoisotopic (exact) mass is 398 g/mol. The highest BCUT2D eigenvalue weighted by molar-refractivity contribution is 6.15. The predicted octanol–water partition coefficient (Wildman–Crippen LogP) is -0.539. The van der Waals surface area contributed by atoms with Crippen molar-refractivity contribution in [3.05, 3.63) is 29.8 Å². The molecule has 4 heterocycles. The smallest absolute Gasteiger partial charge is 0.250 e. The lowest BCUT2D eigenvalue weighted by Crippen LogP contribution is -2.54. The fourth-order valence-corrected chi connectivity index (χ4v) is 5.38. The van der Waals surface area contributed by atoms with Crippen LogP contribution in [-0.2, 0) is 29.5 Å². The first-order chi connectivity index (χ1) is 13.9. The number of para-hydroxylation sites is 1. The summed E-state index contributed by atoms with van der Waals surface area (Å²) in [5.41, 5.74) is 5.24. The van der Waals surface area contributed by atoms with Gasteiger partial charge in [-0.15, -0.1) is 0 Å². The molecule has 9 nitrogen and oxygen atoms in total. The van der Waals surface area contributed by atoms with E-state index in [0.717, 1.165) is 12.8 Å². The van der Waals surface area contributed by atoms with Gasteiger partial charge in [0.1, 0.15) is 5.54 Å². The van der Waals surface area contributed by atoms with Crippen molar-refractivity contribution in [3.63, 3.8) is 0 Å². The van der Waals surface area contributed by atoms with Gasteiger partial charge >= 0.3 is 0 Å². The molecule has 4 aliphatic heterocycles. The quantitative estimate of drug-likeness (QED) is 0.584. The first kappa shape index (κ1) is 18.3. The van der Waals surface area contributed by atoms with Gasteiger partial charge in [0.25, 0.3) is 0 Å². The molecule has 9 heteroatoms. The Labute approximate surface area is 166 Å². The Morgan fingerprint density at radius 3 is 2.76 bits per heavy atom. The molecule has 3 saturated heterocycles. The topological polar surface area (TPSA) is 131 Å². The Hall–Kier alpha value is -2.78. The average Bonchev–Trinajstić information content (AvgIpc) is 3.41. The van der Waals surface area contributed by atoms with Crippen LogP contribution in [0.25, 0.3) is 0 Å². The van der Waals surface area contributed by atoms with E-state index in [1.54, 1.807) is 24.3 Å². The van der Waals surface area contributed by atoms with E-state index in [-0.39, 0.29) is 30.9 Å². The van der Waals surface area contributed by atoms with Crippen LogP contribution in [0, 0.1) is 11.8 Å². The summed E-state index contributed by atoms with van der Waals surface area (Å²) in [6.07, 6.45) is 1.35. The van der Waals surface area contributed by atoms with E-state index in [4.69, 9.17) is 10.5 Å². The molecule has 0 bridgehead atoms. The molecule has 4 aliphatic rings. The van der Waals surface area contributed by atoms with E-state index < -0.39 is 35.2 Å². The summed E-state index contributed by atoms with van der Waals surface area (Å²) in [7, 11) is 0. The predicted molar refractivity (Wildman–Crippen MR) is 100 cm³/mol. The van der Waals surface area contributed by atoms with Gasteiger partial charge in [-0.05, 0) is 18.9 Å². The van der Waals surface area contributed by atoms with Crippen LogP contribution >= 0.6 is 0 Å². The Bertz CT molecular complexity index is 927. The molecule has 0 saturated carbocycles.